The fourth-order valence-corrected chi connectivity index (χ4v) is 3.76. The predicted octanol–water partition coefficient (Wildman–Crippen LogP) is 4.12. The van der Waals surface area contributed by atoms with Gasteiger partial charge < -0.3 is 9.47 Å². The minimum absolute atomic E-state index is 0.265. The molecule has 146 valence electrons. The Morgan fingerprint density at radius 1 is 1.07 bits per heavy atom. The van der Waals surface area contributed by atoms with Crippen LogP contribution in [0, 0.1) is 13.8 Å². The molecule has 3 aromatic rings. The molecular weight excluding hydrogens is 374 g/mol. The number of carbonyl (C=O) groups excluding carboxylic acids is 1. The highest BCUT2D eigenvalue weighted by Gasteiger charge is 2.22. The smallest absolute Gasteiger partial charge is 0.318 e. The summed E-state index contributed by atoms with van der Waals surface area (Å²) in [6, 6.07) is 15.8. The number of ether oxygens (including phenoxy) is 2. The molecule has 1 heterocycles. The lowest BCUT2D eigenvalue weighted by atomic mass is 10.1. The number of thioether (sulfide) groups is 1. The van der Waals surface area contributed by atoms with Crippen LogP contribution in [0.25, 0.3) is 5.69 Å². The monoisotopic (exact) mass is 397 g/mol. The van der Waals surface area contributed by atoms with Crippen molar-refractivity contribution in [1.29, 1.82) is 0 Å². The van der Waals surface area contributed by atoms with Crippen molar-refractivity contribution in [1.82, 2.24) is 14.8 Å². The molecule has 1 atom stereocenters. The summed E-state index contributed by atoms with van der Waals surface area (Å²) in [6.45, 7) is 6.08. The number of rotatable bonds is 7. The molecule has 0 saturated carbocycles. The SMILES string of the molecule is COC(=O)[C@H](C)Sc1nnc(COc2c(C)cccc2C)n1-c1ccccc1. The molecule has 0 unspecified atom stereocenters. The molecule has 6 nitrogen and oxygen atoms in total. The third-order valence-electron chi connectivity index (χ3n) is 4.28. The van der Waals surface area contributed by atoms with Crippen LogP contribution in [0.3, 0.4) is 0 Å². The van der Waals surface area contributed by atoms with Gasteiger partial charge in [-0.3, -0.25) is 9.36 Å². The first-order valence-electron chi connectivity index (χ1n) is 8.94. The summed E-state index contributed by atoms with van der Waals surface area (Å²) in [5.74, 6) is 1.21. The molecule has 0 aliphatic heterocycles. The van der Waals surface area contributed by atoms with E-state index in [1.807, 2.05) is 66.9 Å². The van der Waals surface area contributed by atoms with Gasteiger partial charge >= 0.3 is 5.97 Å². The van der Waals surface area contributed by atoms with Crippen molar-refractivity contribution in [3.63, 3.8) is 0 Å². The molecule has 7 heteroatoms. The number of esters is 1. The Labute approximate surface area is 168 Å². The average Bonchev–Trinajstić information content (AvgIpc) is 3.10. The Balaban J connectivity index is 1.92. The van der Waals surface area contributed by atoms with Gasteiger partial charge in [-0.2, -0.15) is 0 Å². The van der Waals surface area contributed by atoms with Crippen molar-refractivity contribution >= 4 is 17.7 Å². The van der Waals surface area contributed by atoms with Crippen molar-refractivity contribution in [3.05, 3.63) is 65.5 Å². The minimum atomic E-state index is -0.399. The van der Waals surface area contributed by atoms with Gasteiger partial charge in [0.1, 0.15) is 17.6 Å². The van der Waals surface area contributed by atoms with Crippen LogP contribution in [0.2, 0.25) is 0 Å². The van der Waals surface area contributed by atoms with E-state index in [2.05, 4.69) is 10.2 Å². The van der Waals surface area contributed by atoms with E-state index in [9.17, 15) is 4.79 Å². The van der Waals surface area contributed by atoms with E-state index in [0.717, 1.165) is 22.6 Å². The lowest BCUT2D eigenvalue weighted by Gasteiger charge is -2.14. The van der Waals surface area contributed by atoms with Crippen molar-refractivity contribution < 1.29 is 14.3 Å². The van der Waals surface area contributed by atoms with Gasteiger partial charge in [-0.05, 0) is 44.0 Å². The molecule has 2 aromatic carbocycles. The van der Waals surface area contributed by atoms with Gasteiger partial charge in [0.25, 0.3) is 0 Å². The molecule has 0 radical (unpaired) electrons. The van der Waals surface area contributed by atoms with Gasteiger partial charge in [0, 0.05) is 5.69 Å². The second kappa shape index (κ2) is 8.93. The third kappa shape index (κ3) is 4.36. The number of methoxy groups -OCH3 is 1. The number of benzene rings is 2. The van der Waals surface area contributed by atoms with Crippen LogP contribution < -0.4 is 4.74 Å². The highest BCUT2D eigenvalue weighted by atomic mass is 32.2. The molecule has 3 rings (SSSR count). The van der Waals surface area contributed by atoms with E-state index in [0.29, 0.717) is 11.0 Å². The number of carbonyl (C=O) groups is 1. The summed E-state index contributed by atoms with van der Waals surface area (Å²) < 4.78 is 12.8. The molecule has 0 fully saturated rings. The molecular formula is C21H23N3O3S. The maximum Gasteiger partial charge on any atom is 0.318 e. The van der Waals surface area contributed by atoms with Crippen molar-refractivity contribution in [2.45, 2.75) is 37.8 Å². The summed E-state index contributed by atoms with van der Waals surface area (Å²) in [5, 5.41) is 8.83. The Hall–Kier alpha value is -2.80. The number of aryl methyl sites for hydroxylation is 2. The van der Waals surface area contributed by atoms with Crippen molar-refractivity contribution in [2.75, 3.05) is 7.11 Å². The van der Waals surface area contributed by atoms with Gasteiger partial charge in [0.2, 0.25) is 0 Å². The predicted molar refractivity (Wildman–Crippen MR) is 109 cm³/mol. The molecule has 0 saturated heterocycles. The molecule has 1 aromatic heterocycles. The number of aromatic nitrogens is 3. The van der Waals surface area contributed by atoms with Gasteiger partial charge in [0.05, 0.1) is 7.11 Å². The number of para-hydroxylation sites is 2. The summed E-state index contributed by atoms with van der Waals surface area (Å²) in [4.78, 5) is 11.8. The second-order valence-electron chi connectivity index (χ2n) is 6.36. The van der Waals surface area contributed by atoms with E-state index in [1.54, 1.807) is 6.92 Å². The lowest BCUT2D eigenvalue weighted by Crippen LogP contribution is -2.16. The zero-order chi connectivity index (χ0) is 20.1. The Morgan fingerprint density at radius 3 is 2.39 bits per heavy atom. The van der Waals surface area contributed by atoms with Gasteiger partial charge in [-0.25, -0.2) is 0 Å². The second-order valence-corrected chi connectivity index (χ2v) is 7.67. The molecule has 0 N–H and O–H groups in total. The van der Waals surface area contributed by atoms with Crippen LogP contribution in [0.5, 0.6) is 5.75 Å². The first kappa shape index (κ1) is 19.9. The maximum absolute atomic E-state index is 11.8. The molecule has 28 heavy (non-hydrogen) atoms. The number of hydrogen-bond acceptors (Lipinski definition) is 6. The largest absolute Gasteiger partial charge is 0.485 e. The molecule has 0 aliphatic rings. The minimum Gasteiger partial charge on any atom is -0.485 e. The lowest BCUT2D eigenvalue weighted by molar-refractivity contribution is -0.139. The highest BCUT2D eigenvalue weighted by molar-refractivity contribution is 8.00. The Morgan fingerprint density at radius 2 is 1.75 bits per heavy atom. The Bertz CT molecular complexity index is 937. The van der Waals surface area contributed by atoms with E-state index in [-0.39, 0.29) is 12.6 Å². The van der Waals surface area contributed by atoms with E-state index >= 15 is 0 Å². The van der Waals surface area contributed by atoms with Crippen LogP contribution in [-0.2, 0) is 16.1 Å². The highest BCUT2D eigenvalue weighted by Crippen LogP contribution is 2.28. The summed E-state index contributed by atoms with van der Waals surface area (Å²) in [6.07, 6.45) is 0. The molecule has 0 amide bonds. The topological polar surface area (TPSA) is 66.2 Å². The zero-order valence-electron chi connectivity index (χ0n) is 16.4. The van der Waals surface area contributed by atoms with Gasteiger partial charge in [-0.1, -0.05) is 48.2 Å². The molecule has 0 aliphatic carbocycles. The maximum atomic E-state index is 11.8. The van der Waals surface area contributed by atoms with Crippen LogP contribution in [0.4, 0.5) is 0 Å². The average molecular weight is 398 g/mol. The Kier molecular flexibility index (Phi) is 6.36. The van der Waals surface area contributed by atoms with Gasteiger partial charge in [0.15, 0.2) is 11.0 Å². The fraction of sp³-hybridized carbons (Fsp3) is 0.286. The van der Waals surface area contributed by atoms with Crippen molar-refractivity contribution in [3.8, 4) is 11.4 Å². The van der Waals surface area contributed by atoms with E-state index in [1.165, 1.54) is 18.9 Å². The van der Waals surface area contributed by atoms with Gasteiger partial charge in [-0.15, -0.1) is 10.2 Å². The summed E-state index contributed by atoms with van der Waals surface area (Å²) >= 11 is 1.31. The van der Waals surface area contributed by atoms with E-state index in [4.69, 9.17) is 9.47 Å². The van der Waals surface area contributed by atoms with Crippen molar-refractivity contribution in [2.24, 2.45) is 0 Å². The van der Waals surface area contributed by atoms with Crippen LogP contribution in [-0.4, -0.2) is 33.1 Å². The fourth-order valence-electron chi connectivity index (χ4n) is 2.84. The molecule has 0 spiro atoms. The summed E-state index contributed by atoms with van der Waals surface area (Å²) in [7, 11) is 1.38. The van der Waals surface area contributed by atoms with Crippen LogP contribution in [0.1, 0.15) is 23.9 Å². The quantitative estimate of drug-likeness (QED) is 0.441. The van der Waals surface area contributed by atoms with E-state index < -0.39 is 5.25 Å². The standard InChI is InChI=1S/C21H23N3O3S/c1-14-9-8-10-15(2)19(14)27-13-18-22-23-21(28-16(3)20(25)26-4)24(18)17-11-6-5-7-12-17/h5-12,16H,13H2,1-4H3/t16-/m0/s1. The first-order chi connectivity index (χ1) is 13.5. The first-order valence-corrected chi connectivity index (χ1v) is 9.82. The van der Waals surface area contributed by atoms with Crippen LogP contribution in [0.15, 0.2) is 53.7 Å². The third-order valence-corrected chi connectivity index (χ3v) is 5.31. The number of nitrogens with zero attached hydrogens (tertiary/aromatic N) is 3. The summed E-state index contributed by atoms with van der Waals surface area (Å²) in [5.41, 5.74) is 3.05. The molecule has 0 bridgehead atoms. The normalized spacial score (nSPS) is 11.9. The van der Waals surface area contributed by atoms with Crippen LogP contribution >= 0.6 is 11.8 Å². The zero-order valence-corrected chi connectivity index (χ0v) is 17.2. The number of hydrogen-bond donors (Lipinski definition) is 0.